The summed E-state index contributed by atoms with van der Waals surface area (Å²) in [5.41, 5.74) is 3.73. The van der Waals surface area contributed by atoms with Crippen molar-refractivity contribution in [1.29, 1.82) is 0 Å². The van der Waals surface area contributed by atoms with Gasteiger partial charge in [0.05, 0.1) is 6.42 Å². The standard InChI is InChI=1S/C24H19FN2O5/c25-18-6-4-14(5-7-18)24-26-21(32-27-24)8-9-22(28)30-13-17-12-23(29)31-20-11-16-3-1-2-15(16)10-19(17)20/h4-7,10-12H,1-3,8-9,13H2. The second kappa shape index (κ2) is 8.37. The third-order valence-corrected chi connectivity index (χ3v) is 5.54. The monoisotopic (exact) mass is 434 g/mol. The molecule has 1 aliphatic rings. The van der Waals surface area contributed by atoms with Crippen molar-refractivity contribution in [1.82, 2.24) is 10.1 Å². The highest BCUT2D eigenvalue weighted by Gasteiger charge is 2.16. The van der Waals surface area contributed by atoms with Crippen molar-refractivity contribution in [3.8, 4) is 11.4 Å². The highest BCUT2D eigenvalue weighted by atomic mass is 19.1. The molecule has 0 atom stereocenters. The molecular formula is C24H19FN2O5. The van der Waals surface area contributed by atoms with Crippen LogP contribution in [-0.2, 0) is 35.4 Å². The van der Waals surface area contributed by atoms with Crippen molar-refractivity contribution in [3.05, 3.63) is 81.3 Å². The lowest BCUT2D eigenvalue weighted by Crippen LogP contribution is -2.08. The predicted molar refractivity (Wildman–Crippen MR) is 112 cm³/mol. The number of carbonyl (C=O) groups excluding carboxylic acids is 1. The number of nitrogens with zero attached hydrogens (tertiary/aromatic N) is 2. The number of aryl methyl sites for hydroxylation is 3. The third-order valence-electron chi connectivity index (χ3n) is 5.54. The molecule has 7 nitrogen and oxygen atoms in total. The molecule has 0 N–H and O–H groups in total. The fourth-order valence-corrected chi connectivity index (χ4v) is 3.93. The minimum Gasteiger partial charge on any atom is -0.461 e. The van der Waals surface area contributed by atoms with E-state index in [9.17, 15) is 14.0 Å². The van der Waals surface area contributed by atoms with E-state index in [1.807, 2.05) is 12.1 Å². The largest absolute Gasteiger partial charge is 0.461 e. The van der Waals surface area contributed by atoms with Gasteiger partial charge < -0.3 is 13.7 Å². The zero-order valence-electron chi connectivity index (χ0n) is 17.1. The summed E-state index contributed by atoms with van der Waals surface area (Å²) in [5.74, 6) is -0.200. The van der Waals surface area contributed by atoms with Gasteiger partial charge in [0.1, 0.15) is 18.0 Å². The van der Waals surface area contributed by atoms with E-state index in [0.29, 0.717) is 22.5 Å². The second-order valence-electron chi connectivity index (χ2n) is 7.74. The Bertz CT molecular complexity index is 1360. The van der Waals surface area contributed by atoms with Gasteiger partial charge in [0, 0.05) is 29.0 Å². The third kappa shape index (κ3) is 4.16. The van der Waals surface area contributed by atoms with E-state index in [1.54, 1.807) is 12.1 Å². The summed E-state index contributed by atoms with van der Waals surface area (Å²) in [4.78, 5) is 28.4. The SMILES string of the molecule is O=C(CCc1nc(-c2ccc(F)cc2)no1)OCc1cc(=O)oc2cc3c(cc12)CCC3. The number of halogens is 1. The van der Waals surface area contributed by atoms with Crippen LogP contribution in [0.3, 0.4) is 0 Å². The van der Waals surface area contributed by atoms with Crippen LogP contribution >= 0.6 is 0 Å². The molecule has 0 bridgehead atoms. The molecule has 0 saturated heterocycles. The molecule has 0 fully saturated rings. The molecule has 0 spiro atoms. The van der Waals surface area contributed by atoms with Gasteiger partial charge in [0.2, 0.25) is 11.7 Å². The predicted octanol–water partition coefficient (Wildman–Crippen LogP) is 4.15. The van der Waals surface area contributed by atoms with Gasteiger partial charge in [0.25, 0.3) is 0 Å². The summed E-state index contributed by atoms with van der Waals surface area (Å²) in [6, 6.07) is 11.0. The van der Waals surface area contributed by atoms with Gasteiger partial charge in [-0.2, -0.15) is 4.98 Å². The fraction of sp³-hybridized carbons (Fsp3) is 0.250. The van der Waals surface area contributed by atoms with Crippen LogP contribution in [0.2, 0.25) is 0 Å². The average molecular weight is 434 g/mol. The Morgan fingerprint density at radius 3 is 2.69 bits per heavy atom. The summed E-state index contributed by atoms with van der Waals surface area (Å²) in [5, 5.41) is 4.64. The molecule has 5 rings (SSSR count). The molecule has 0 saturated carbocycles. The Morgan fingerprint density at radius 2 is 1.88 bits per heavy atom. The number of ether oxygens (including phenoxy) is 1. The van der Waals surface area contributed by atoms with Crippen LogP contribution in [0.4, 0.5) is 4.39 Å². The summed E-state index contributed by atoms with van der Waals surface area (Å²) in [6.07, 6.45) is 3.30. The van der Waals surface area contributed by atoms with Crippen molar-refractivity contribution in [2.24, 2.45) is 0 Å². The molecule has 2 aromatic carbocycles. The van der Waals surface area contributed by atoms with Crippen molar-refractivity contribution >= 4 is 16.9 Å². The molecule has 162 valence electrons. The first-order chi connectivity index (χ1) is 15.5. The molecule has 32 heavy (non-hydrogen) atoms. The number of benzene rings is 2. The molecule has 2 aromatic heterocycles. The smallest absolute Gasteiger partial charge is 0.336 e. The minimum atomic E-state index is -0.472. The van der Waals surface area contributed by atoms with E-state index in [2.05, 4.69) is 10.1 Å². The zero-order valence-corrected chi connectivity index (χ0v) is 17.1. The van der Waals surface area contributed by atoms with Crippen LogP contribution in [0.5, 0.6) is 0 Å². The summed E-state index contributed by atoms with van der Waals surface area (Å²) >= 11 is 0. The normalized spacial score (nSPS) is 12.8. The Morgan fingerprint density at radius 1 is 1.09 bits per heavy atom. The first-order valence-corrected chi connectivity index (χ1v) is 10.4. The second-order valence-corrected chi connectivity index (χ2v) is 7.74. The molecule has 0 aliphatic heterocycles. The van der Waals surface area contributed by atoms with Crippen LogP contribution in [0.25, 0.3) is 22.4 Å². The maximum atomic E-state index is 13.0. The number of esters is 1. The molecule has 0 amide bonds. The van der Waals surface area contributed by atoms with E-state index in [-0.39, 0.29) is 31.2 Å². The molecule has 8 heteroatoms. The van der Waals surface area contributed by atoms with Crippen molar-refractivity contribution < 1.29 is 22.9 Å². The Kier molecular flexibility index (Phi) is 5.26. The van der Waals surface area contributed by atoms with Gasteiger partial charge >= 0.3 is 11.6 Å². The first kappa shape index (κ1) is 20.1. The Hall–Kier alpha value is -3.81. The first-order valence-electron chi connectivity index (χ1n) is 10.4. The maximum absolute atomic E-state index is 13.0. The van der Waals surface area contributed by atoms with Gasteiger partial charge in [-0.25, -0.2) is 9.18 Å². The minimum absolute atomic E-state index is 0.0234. The molecule has 0 unspecified atom stereocenters. The average Bonchev–Trinajstić information content (AvgIpc) is 3.44. The molecule has 1 aliphatic carbocycles. The van der Waals surface area contributed by atoms with Crippen molar-refractivity contribution in [2.45, 2.75) is 38.7 Å². The van der Waals surface area contributed by atoms with E-state index in [1.165, 1.54) is 29.3 Å². The van der Waals surface area contributed by atoms with E-state index in [0.717, 1.165) is 24.6 Å². The topological polar surface area (TPSA) is 95.4 Å². The quantitative estimate of drug-likeness (QED) is 0.332. The number of hydrogen-bond acceptors (Lipinski definition) is 7. The fourth-order valence-electron chi connectivity index (χ4n) is 3.93. The van der Waals surface area contributed by atoms with Crippen molar-refractivity contribution in [2.75, 3.05) is 0 Å². The van der Waals surface area contributed by atoms with Gasteiger partial charge in [-0.05, 0) is 66.8 Å². The van der Waals surface area contributed by atoms with Crippen LogP contribution in [-0.4, -0.2) is 16.1 Å². The Balaban J connectivity index is 1.23. The lowest BCUT2D eigenvalue weighted by atomic mass is 10.0. The number of hydrogen-bond donors (Lipinski definition) is 0. The lowest BCUT2D eigenvalue weighted by Gasteiger charge is -2.09. The summed E-state index contributed by atoms with van der Waals surface area (Å²) in [6.45, 7) is -0.0234. The lowest BCUT2D eigenvalue weighted by molar-refractivity contribution is -0.145. The number of aromatic nitrogens is 2. The van der Waals surface area contributed by atoms with Gasteiger partial charge in [0.15, 0.2) is 0 Å². The highest BCUT2D eigenvalue weighted by Crippen LogP contribution is 2.28. The van der Waals surface area contributed by atoms with Crippen LogP contribution in [0.15, 0.2) is 56.2 Å². The molecule has 4 aromatic rings. The zero-order chi connectivity index (χ0) is 22.1. The maximum Gasteiger partial charge on any atom is 0.336 e. The van der Waals surface area contributed by atoms with E-state index < -0.39 is 11.6 Å². The van der Waals surface area contributed by atoms with E-state index >= 15 is 0 Å². The number of rotatable bonds is 6. The van der Waals surface area contributed by atoms with Crippen molar-refractivity contribution in [3.63, 3.8) is 0 Å². The molecule has 2 heterocycles. The number of fused-ring (bicyclic) bond motifs is 2. The Labute approximate surface area is 181 Å². The van der Waals surface area contributed by atoms with Gasteiger partial charge in [-0.1, -0.05) is 5.16 Å². The van der Waals surface area contributed by atoms with Gasteiger partial charge in [-0.3, -0.25) is 4.79 Å². The highest BCUT2D eigenvalue weighted by molar-refractivity contribution is 5.82. The molecular weight excluding hydrogens is 415 g/mol. The van der Waals surface area contributed by atoms with E-state index in [4.69, 9.17) is 13.7 Å². The van der Waals surface area contributed by atoms with Gasteiger partial charge in [-0.15, -0.1) is 0 Å². The summed E-state index contributed by atoms with van der Waals surface area (Å²) in [7, 11) is 0. The van der Waals surface area contributed by atoms with Crippen LogP contribution in [0.1, 0.15) is 35.4 Å². The van der Waals surface area contributed by atoms with Crippen LogP contribution in [0, 0.1) is 5.82 Å². The summed E-state index contributed by atoms with van der Waals surface area (Å²) < 4.78 is 28.9. The molecule has 0 radical (unpaired) electrons. The number of carbonyl (C=O) groups is 1. The van der Waals surface area contributed by atoms with Crippen LogP contribution < -0.4 is 5.63 Å².